The van der Waals surface area contributed by atoms with Gasteiger partial charge in [0.1, 0.15) is 11.5 Å². The Balaban J connectivity index is 1.49. The molecule has 0 N–H and O–H groups in total. The summed E-state index contributed by atoms with van der Waals surface area (Å²) in [6, 6.07) is 20.0. The predicted molar refractivity (Wildman–Crippen MR) is 128 cm³/mol. The van der Waals surface area contributed by atoms with Gasteiger partial charge in [-0.05, 0) is 65.7 Å². The van der Waals surface area contributed by atoms with Crippen LogP contribution in [0.4, 0.5) is 5.13 Å². The molecule has 1 atom stereocenters. The fraction of sp³-hybridized carbons (Fsp3) is 0.160. The molecule has 0 radical (unpaired) electrons. The molecular formula is C25H22N4O2S. The molecule has 0 aliphatic carbocycles. The van der Waals surface area contributed by atoms with E-state index in [1.807, 2.05) is 65.8 Å². The van der Waals surface area contributed by atoms with Gasteiger partial charge in [-0.25, -0.2) is 9.99 Å². The fourth-order valence-electron chi connectivity index (χ4n) is 3.74. The van der Waals surface area contributed by atoms with Crippen LogP contribution < -0.4 is 14.5 Å². The topological polar surface area (TPSA) is 59.8 Å². The van der Waals surface area contributed by atoms with E-state index in [9.17, 15) is 0 Å². The third-order valence-electron chi connectivity index (χ3n) is 5.48. The second kappa shape index (κ2) is 8.80. The quantitative estimate of drug-likeness (QED) is 0.390. The second-order valence-electron chi connectivity index (χ2n) is 7.37. The minimum absolute atomic E-state index is 0.0377. The number of rotatable bonds is 6. The van der Waals surface area contributed by atoms with Crippen LogP contribution in [0.1, 0.15) is 23.6 Å². The summed E-state index contributed by atoms with van der Waals surface area (Å²) in [5.74, 6) is 1.66. The van der Waals surface area contributed by atoms with Gasteiger partial charge in [0.15, 0.2) is 0 Å². The van der Waals surface area contributed by atoms with E-state index in [1.54, 1.807) is 31.8 Å². The maximum atomic E-state index is 5.30. The Bertz CT molecular complexity index is 1220. The Morgan fingerprint density at radius 1 is 0.906 bits per heavy atom. The van der Waals surface area contributed by atoms with Crippen LogP contribution in [0.15, 0.2) is 83.5 Å². The smallest absolute Gasteiger partial charge is 0.207 e. The number of hydrogen-bond acceptors (Lipinski definition) is 7. The van der Waals surface area contributed by atoms with E-state index in [0.29, 0.717) is 0 Å². The zero-order chi connectivity index (χ0) is 21.9. The van der Waals surface area contributed by atoms with Gasteiger partial charge >= 0.3 is 0 Å². The Kier molecular flexibility index (Phi) is 5.56. The van der Waals surface area contributed by atoms with Crippen LogP contribution in [0.25, 0.3) is 11.3 Å². The van der Waals surface area contributed by atoms with Gasteiger partial charge in [0.25, 0.3) is 0 Å². The van der Waals surface area contributed by atoms with Gasteiger partial charge < -0.3 is 9.47 Å². The van der Waals surface area contributed by atoms with Crippen molar-refractivity contribution in [1.29, 1.82) is 0 Å². The van der Waals surface area contributed by atoms with Crippen LogP contribution in [0, 0.1) is 0 Å². The molecule has 2 aromatic heterocycles. The SMILES string of the molecule is COc1ccc(C2=NN(c3nc(-c4ccc(OC)cc4)cs3)C(c3cccnc3)C2)cc1. The highest BCUT2D eigenvalue weighted by Crippen LogP contribution is 2.39. The van der Waals surface area contributed by atoms with Crippen LogP contribution >= 0.6 is 11.3 Å². The van der Waals surface area contributed by atoms with Crippen molar-refractivity contribution >= 4 is 22.2 Å². The number of nitrogens with zero attached hydrogens (tertiary/aromatic N) is 4. The number of aromatic nitrogens is 2. The van der Waals surface area contributed by atoms with Gasteiger partial charge in [0, 0.05) is 29.8 Å². The van der Waals surface area contributed by atoms with Gasteiger partial charge in [-0.2, -0.15) is 5.10 Å². The molecule has 0 saturated heterocycles. The number of methoxy groups -OCH3 is 2. The van der Waals surface area contributed by atoms with E-state index in [1.165, 1.54) is 0 Å². The molecule has 2 aromatic carbocycles. The molecule has 32 heavy (non-hydrogen) atoms. The number of pyridine rings is 1. The van der Waals surface area contributed by atoms with E-state index in [2.05, 4.69) is 16.4 Å². The minimum Gasteiger partial charge on any atom is -0.497 e. The van der Waals surface area contributed by atoms with Crippen molar-refractivity contribution in [3.8, 4) is 22.8 Å². The molecule has 7 heteroatoms. The van der Waals surface area contributed by atoms with Gasteiger partial charge in [-0.15, -0.1) is 11.3 Å². The molecule has 4 aromatic rings. The van der Waals surface area contributed by atoms with Crippen molar-refractivity contribution < 1.29 is 9.47 Å². The maximum Gasteiger partial charge on any atom is 0.207 e. The molecule has 0 fully saturated rings. The first kappa shape index (κ1) is 20.2. The monoisotopic (exact) mass is 442 g/mol. The summed E-state index contributed by atoms with van der Waals surface area (Å²) in [7, 11) is 3.34. The molecule has 1 aliphatic rings. The summed E-state index contributed by atoms with van der Waals surface area (Å²) in [4.78, 5) is 9.23. The number of hydrogen-bond donors (Lipinski definition) is 0. The van der Waals surface area contributed by atoms with Crippen molar-refractivity contribution in [2.24, 2.45) is 5.10 Å². The normalized spacial score (nSPS) is 15.5. The average molecular weight is 443 g/mol. The molecule has 0 amide bonds. The summed E-state index contributed by atoms with van der Waals surface area (Å²) >= 11 is 1.59. The number of ether oxygens (including phenoxy) is 2. The van der Waals surface area contributed by atoms with E-state index < -0.39 is 0 Å². The highest BCUT2D eigenvalue weighted by molar-refractivity contribution is 7.14. The first-order valence-electron chi connectivity index (χ1n) is 10.3. The van der Waals surface area contributed by atoms with E-state index in [-0.39, 0.29) is 6.04 Å². The summed E-state index contributed by atoms with van der Waals surface area (Å²) in [5, 5.41) is 9.93. The first-order valence-corrected chi connectivity index (χ1v) is 11.1. The molecule has 1 aliphatic heterocycles. The van der Waals surface area contributed by atoms with Crippen molar-refractivity contribution in [2.45, 2.75) is 12.5 Å². The lowest BCUT2D eigenvalue weighted by Gasteiger charge is -2.20. The summed E-state index contributed by atoms with van der Waals surface area (Å²) < 4.78 is 10.6. The lowest BCUT2D eigenvalue weighted by atomic mass is 10.00. The number of anilines is 1. The average Bonchev–Trinajstić information content (AvgIpc) is 3.52. The molecule has 3 heterocycles. The Morgan fingerprint density at radius 2 is 1.59 bits per heavy atom. The van der Waals surface area contributed by atoms with Crippen LogP contribution in [0.2, 0.25) is 0 Å². The van der Waals surface area contributed by atoms with Crippen LogP contribution in [0.3, 0.4) is 0 Å². The third kappa shape index (κ3) is 3.94. The fourth-order valence-corrected chi connectivity index (χ4v) is 4.57. The maximum absolute atomic E-state index is 5.30. The lowest BCUT2D eigenvalue weighted by molar-refractivity contribution is 0.414. The van der Waals surface area contributed by atoms with Crippen LogP contribution in [0.5, 0.6) is 11.5 Å². The molecule has 0 spiro atoms. The molecule has 5 rings (SSSR count). The highest BCUT2D eigenvalue weighted by atomic mass is 32.1. The van der Waals surface area contributed by atoms with Crippen molar-refractivity contribution in [1.82, 2.24) is 9.97 Å². The zero-order valence-corrected chi connectivity index (χ0v) is 18.6. The molecule has 0 saturated carbocycles. The zero-order valence-electron chi connectivity index (χ0n) is 17.8. The lowest BCUT2D eigenvalue weighted by Crippen LogP contribution is -2.18. The van der Waals surface area contributed by atoms with Gasteiger partial charge in [-0.1, -0.05) is 6.07 Å². The van der Waals surface area contributed by atoms with E-state index in [0.717, 1.165) is 51.1 Å². The molecule has 6 nitrogen and oxygen atoms in total. The number of thiazole rings is 1. The first-order chi connectivity index (χ1) is 15.7. The van der Waals surface area contributed by atoms with Crippen molar-refractivity contribution in [3.05, 3.63) is 89.6 Å². The molecule has 0 bridgehead atoms. The second-order valence-corrected chi connectivity index (χ2v) is 8.21. The van der Waals surface area contributed by atoms with Crippen LogP contribution in [-0.4, -0.2) is 29.9 Å². The van der Waals surface area contributed by atoms with Crippen molar-refractivity contribution in [2.75, 3.05) is 19.2 Å². The summed E-state index contributed by atoms with van der Waals surface area (Å²) in [5.41, 5.74) is 5.17. The van der Waals surface area contributed by atoms with Crippen LogP contribution in [-0.2, 0) is 0 Å². The molecule has 160 valence electrons. The predicted octanol–water partition coefficient (Wildman–Crippen LogP) is 5.58. The van der Waals surface area contributed by atoms with Gasteiger partial charge in [0.2, 0.25) is 5.13 Å². The Labute approximate surface area is 190 Å². The number of benzene rings is 2. The summed E-state index contributed by atoms with van der Waals surface area (Å²) in [6.45, 7) is 0. The van der Waals surface area contributed by atoms with E-state index in [4.69, 9.17) is 19.6 Å². The number of hydrazone groups is 1. The van der Waals surface area contributed by atoms with Gasteiger partial charge in [-0.3, -0.25) is 4.98 Å². The van der Waals surface area contributed by atoms with E-state index >= 15 is 0 Å². The summed E-state index contributed by atoms with van der Waals surface area (Å²) in [6.07, 6.45) is 4.47. The molecule has 1 unspecified atom stereocenters. The minimum atomic E-state index is 0.0377. The Morgan fingerprint density at radius 3 is 2.22 bits per heavy atom. The highest BCUT2D eigenvalue weighted by Gasteiger charge is 2.32. The largest absolute Gasteiger partial charge is 0.497 e. The standard InChI is InChI=1S/C25H22N4O2S/c1-30-20-9-5-17(6-10-20)22-14-24(19-4-3-13-26-15-19)29(28-22)25-27-23(16-32-25)18-7-11-21(31-2)12-8-18/h3-13,15-16,24H,14H2,1-2H3. The Hall–Kier alpha value is -3.71. The van der Waals surface area contributed by atoms with Crippen molar-refractivity contribution in [3.63, 3.8) is 0 Å². The van der Waals surface area contributed by atoms with Gasteiger partial charge in [0.05, 0.1) is 31.7 Å². The molecular weight excluding hydrogens is 420 g/mol. The third-order valence-corrected chi connectivity index (χ3v) is 6.31.